The number of pyridine rings is 1. The number of carbonyl (C=O) groups is 1. The highest BCUT2D eigenvalue weighted by Gasteiger charge is 2.46. The van der Waals surface area contributed by atoms with Crippen LogP contribution in [0.5, 0.6) is 0 Å². The molecule has 0 radical (unpaired) electrons. The molecular formula is C25H31NO3. The number of allylic oxidation sites excluding steroid dienone is 4. The van der Waals surface area contributed by atoms with Gasteiger partial charge in [0.05, 0.1) is 6.10 Å². The van der Waals surface area contributed by atoms with E-state index in [0.717, 1.165) is 18.4 Å². The van der Waals surface area contributed by atoms with E-state index in [1.807, 2.05) is 0 Å². The second-order valence-corrected chi connectivity index (χ2v) is 9.27. The van der Waals surface area contributed by atoms with Gasteiger partial charge in [0, 0.05) is 12.1 Å². The molecule has 4 nitrogen and oxygen atoms in total. The van der Waals surface area contributed by atoms with E-state index < -0.39 is 12.1 Å². The zero-order valence-electron chi connectivity index (χ0n) is 17.6. The van der Waals surface area contributed by atoms with Crippen LogP contribution in [0.3, 0.4) is 0 Å². The molecule has 0 spiro atoms. The van der Waals surface area contributed by atoms with Crippen LogP contribution in [0.25, 0.3) is 0 Å². The lowest BCUT2D eigenvalue weighted by atomic mass is 9.64. The third-order valence-corrected chi connectivity index (χ3v) is 6.96. The van der Waals surface area contributed by atoms with Crippen molar-refractivity contribution in [2.24, 2.45) is 17.3 Å². The van der Waals surface area contributed by atoms with Gasteiger partial charge in [0.2, 0.25) is 0 Å². The van der Waals surface area contributed by atoms with E-state index >= 15 is 0 Å². The zero-order chi connectivity index (χ0) is 20.6. The average Bonchev–Trinajstić information content (AvgIpc) is 2.99. The number of aliphatic hydroxyl groups is 1. The van der Waals surface area contributed by atoms with Gasteiger partial charge in [-0.3, -0.25) is 0 Å². The number of rotatable bonds is 4. The van der Waals surface area contributed by atoms with E-state index in [1.54, 1.807) is 30.0 Å². The van der Waals surface area contributed by atoms with Gasteiger partial charge >= 0.3 is 5.97 Å². The molecule has 154 valence electrons. The van der Waals surface area contributed by atoms with E-state index in [4.69, 9.17) is 4.74 Å². The van der Waals surface area contributed by atoms with E-state index in [9.17, 15) is 9.90 Å². The molecule has 29 heavy (non-hydrogen) atoms. The minimum Gasteiger partial charge on any atom is -0.456 e. The molecule has 4 heteroatoms. The standard InChI is InChI=1S/C25H31NO3/c1-16(2)18-9-11-25(3)12-10-19-20(23(18)25)8-7-17(14-22(19)27)15-29-24(28)21-6-4-5-13-26-21/h4-8,13,16,19,22,27H,9-12,14-15H2,1-3H3. The fourth-order valence-corrected chi connectivity index (χ4v) is 5.34. The highest BCUT2D eigenvalue weighted by molar-refractivity contribution is 5.87. The van der Waals surface area contributed by atoms with Crippen LogP contribution in [-0.2, 0) is 4.74 Å². The number of nitrogens with zero attached hydrogens (tertiary/aromatic N) is 1. The first kappa shape index (κ1) is 20.1. The van der Waals surface area contributed by atoms with Crippen molar-refractivity contribution in [1.29, 1.82) is 0 Å². The molecule has 1 heterocycles. The Bertz CT molecular complexity index is 881. The Balaban J connectivity index is 1.58. The van der Waals surface area contributed by atoms with Crippen molar-refractivity contribution >= 4 is 5.97 Å². The summed E-state index contributed by atoms with van der Waals surface area (Å²) < 4.78 is 5.47. The average molecular weight is 394 g/mol. The van der Waals surface area contributed by atoms with Gasteiger partial charge in [-0.15, -0.1) is 0 Å². The van der Waals surface area contributed by atoms with Crippen LogP contribution in [0.1, 0.15) is 63.4 Å². The maximum atomic E-state index is 12.2. The molecule has 3 aliphatic rings. The third-order valence-electron chi connectivity index (χ3n) is 6.96. The largest absolute Gasteiger partial charge is 0.456 e. The second kappa shape index (κ2) is 7.91. The highest BCUT2D eigenvalue weighted by Crippen LogP contribution is 2.57. The Morgan fingerprint density at radius 1 is 1.31 bits per heavy atom. The summed E-state index contributed by atoms with van der Waals surface area (Å²) in [6, 6.07) is 5.19. The van der Waals surface area contributed by atoms with Gasteiger partial charge in [0.15, 0.2) is 0 Å². The smallest absolute Gasteiger partial charge is 0.357 e. The number of carbonyl (C=O) groups excluding carboxylic acids is 1. The molecule has 4 rings (SSSR count). The van der Waals surface area contributed by atoms with Gasteiger partial charge in [0.25, 0.3) is 0 Å². The Morgan fingerprint density at radius 3 is 2.86 bits per heavy atom. The van der Waals surface area contributed by atoms with Gasteiger partial charge < -0.3 is 9.84 Å². The predicted octanol–water partition coefficient (Wildman–Crippen LogP) is 5.02. The Kier molecular flexibility index (Phi) is 5.48. The van der Waals surface area contributed by atoms with Crippen molar-refractivity contribution in [3.05, 3.63) is 64.5 Å². The topological polar surface area (TPSA) is 59.4 Å². The number of esters is 1. The molecule has 0 bridgehead atoms. The normalized spacial score (nSPS) is 29.0. The summed E-state index contributed by atoms with van der Waals surface area (Å²) in [4.78, 5) is 16.3. The monoisotopic (exact) mass is 393 g/mol. The van der Waals surface area contributed by atoms with Gasteiger partial charge in [-0.25, -0.2) is 9.78 Å². The molecule has 0 aliphatic heterocycles. The lowest BCUT2D eigenvalue weighted by Gasteiger charge is -2.41. The SMILES string of the molecule is CC(C)C1=C2C3=CC=C(COC(=O)c4ccccn4)CC(O)C3CCC2(C)CC1. The maximum absolute atomic E-state index is 12.2. The van der Waals surface area contributed by atoms with E-state index in [-0.39, 0.29) is 17.9 Å². The molecule has 1 fully saturated rings. The number of aromatic nitrogens is 1. The minimum atomic E-state index is -0.436. The van der Waals surface area contributed by atoms with Crippen molar-refractivity contribution in [3.8, 4) is 0 Å². The molecule has 1 N–H and O–H groups in total. The molecule has 1 aromatic heterocycles. The van der Waals surface area contributed by atoms with Crippen molar-refractivity contribution < 1.29 is 14.6 Å². The van der Waals surface area contributed by atoms with Crippen LogP contribution < -0.4 is 0 Å². The molecule has 3 aliphatic carbocycles. The Hall–Kier alpha value is -2.20. The summed E-state index contributed by atoms with van der Waals surface area (Å²) in [5.74, 6) is 0.281. The third kappa shape index (κ3) is 3.83. The fraction of sp³-hybridized carbons (Fsp3) is 0.520. The van der Waals surface area contributed by atoms with Crippen LogP contribution in [0, 0.1) is 17.3 Å². The lowest BCUT2D eigenvalue weighted by Crippen LogP contribution is -2.33. The van der Waals surface area contributed by atoms with Crippen LogP contribution in [0.15, 0.2) is 58.8 Å². The molecule has 1 aromatic rings. The molecule has 0 saturated heterocycles. The van der Waals surface area contributed by atoms with E-state index in [2.05, 4.69) is 37.9 Å². The van der Waals surface area contributed by atoms with Crippen LogP contribution in [0.4, 0.5) is 0 Å². The number of fused-ring (bicyclic) bond motifs is 3. The van der Waals surface area contributed by atoms with Crippen molar-refractivity contribution in [2.45, 2.75) is 59.0 Å². The molecule has 1 saturated carbocycles. The molecule has 3 atom stereocenters. The summed E-state index contributed by atoms with van der Waals surface area (Å²) in [5.41, 5.74) is 5.89. The van der Waals surface area contributed by atoms with Gasteiger partial charge in [-0.2, -0.15) is 0 Å². The number of aliphatic hydroxyl groups excluding tert-OH is 1. The van der Waals surface area contributed by atoms with E-state index in [1.165, 1.54) is 24.0 Å². The van der Waals surface area contributed by atoms with Gasteiger partial charge in [-0.05, 0) is 72.3 Å². The van der Waals surface area contributed by atoms with E-state index in [0.29, 0.717) is 18.0 Å². The Morgan fingerprint density at radius 2 is 2.14 bits per heavy atom. The summed E-state index contributed by atoms with van der Waals surface area (Å²) in [7, 11) is 0. The van der Waals surface area contributed by atoms with Crippen LogP contribution in [0.2, 0.25) is 0 Å². The maximum Gasteiger partial charge on any atom is 0.357 e. The fourth-order valence-electron chi connectivity index (χ4n) is 5.34. The molecule has 3 unspecified atom stereocenters. The van der Waals surface area contributed by atoms with Crippen molar-refractivity contribution in [3.63, 3.8) is 0 Å². The van der Waals surface area contributed by atoms with Crippen LogP contribution >= 0.6 is 0 Å². The highest BCUT2D eigenvalue weighted by atomic mass is 16.5. The van der Waals surface area contributed by atoms with Crippen LogP contribution in [-0.4, -0.2) is 28.8 Å². The summed E-state index contributed by atoms with van der Waals surface area (Å²) in [5, 5.41) is 11.0. The van der Waals surface area contributed by atoms with Gasteiger partial charge in [-0.1, -0.05) is 44.6 Å². The Labute approximate surface area is 173 Å². The molecule has 0 aromatic carbocycles. The first-order chi connectivity index (χ1) is 13.9. The molecule has 0 amide bonds. The number of ether oxygens (including phenoxy) is 1. The summed E-state index contributed by atoms with van der Waals surface area (Å²) >= 11 is 0. The first-order valence-electron chi connectivity index (χ1n) is 10.8. The number of hydrogen-bond donors (Lipinski definition) is 1. The predicted molar refractivity (Wildman–Crippen MR) is 113 cm³/mol. The minimum absolute atomic E-state index is 0.171. The number of hydrogen-bond acceptors (Lipinski definition) is 4. The summed E-state index contributed by atoms with van der Waals surface area (Å²) in [6.45, 7) is 7.15. The van der Waals surface area contributed by atoms with Crippen molar-refractivity contribution in [1.82, 2.24) is 4.98 Å². The second-order valence-electron chi connectivity index (χ2n) is 9.27. The van der Waals surface area contributed by atoms with Crippen molar-refractivity contribution in [2.75, 3.05) is 6.61 Å². The molecular weight excluding hydrogens is 362 g/mol. The summed E-state index contributed by atoms with van der Waals surface area (Å²) in [6.07, 6.45) is 10.5. The quantitative estimate of drug-likeness (QED) is 0.730. The first-order valence-corrected chi connectivity index (χ1v) is 10.8. The van der Waals surface area contributed by atoms with Gasteiger partial charge in [0.1, 0.15) is 12.3 Å². The zero-order valence-corrected chi connectivity index (χ0v) is 17.6. The lowest BCUT2D eigenvalue weighted by molar-refractivity contribution is 0.0512.